The molecule has 1 amide bonds. The lowest BCUT2D eigenvalue weighted by atomic mass is 10.1. The second-order valence-electron chi connectivity index (χ2n) is 4.82. The Kier molecular flexibility index (Phi) is 4.20. The first kappa shape index (κ1) is 14.0. The number of ketones is 1. The first-order chi connectivity index (χ1) is 9.04. The highest BCUT2D eigenvalue weighted by molar-refractivity contribution is 6.52. The van der Waals surface area contributed by atoms with E-state index >= 15 is 0 Å². The van der Waals surface area contributed by atoms with Crippen molar-refractivity contribution in [1.29, 1.82) is 0 Å². The molecule has 19 heavy (non-hydrogen) atoms. The molecule has 0 bridgehead atoms. The summed E-state index contributed by atoms with van der Waals surface area (Å²) in [6.07, 6.45) is 1.64. The third-order valence-corrected chi connectivity index (χ3v) is 3.60. The Morgan fingerprint density at radius 2 is 2.05 bits per heavy atom. The van der Waals surface area contributed by atoms with Crippen molar-refractivity contribution in [3.63, 3.8) is 0 Å². The van der Waals surface area contributed by atoms with Gasteiger partial charge in [-0.25, -0.2) is 4.39 Å². The molecule has 1 unspecified atom stereocenters. The highest BCUT2D eigenvalue weighted by Crippen LogP contribution is 2.30. The van der Waals surface area contributed by atoms with Crippen molar-refractivity contribution in [3.8, 4) is 0 Å². The predicted octanol–water partition coefficient (Wildman–Crippen LogP) is 3.01. The third kappa shape index (κ3) is 2.78. The molecule has 102 valence electrons. The molecule has 0 radical (unpaired) electrons. The van der Waals surface area contributed by atoms with Gasteiger partial charge in [0.2, 0.25) is 0 Å². The summed E-state index contributed by atoms with van der Waals surface area (Å²) in [6.45, 7) is 2.51. The molecule has 0 N–H and O–H groups in total. The number of benzene rings is 1. The lowest BCUT2D eigenvalue weighted by Crippen LogP contribution is -2.31. The minimum atomic E-state index is -0.625. The van der Waals surface area contributed by atoms with Crippen LogP contribution in [0.1, 0.15) is 30.1 Å². The first-order valence-electron chi connectivity index (χ1n) is 6.26. The molecule has 1 heterocycles. The zero-order valence-electron chi connectivity index (χ0n) is 10.7. The average molecular weight is 284 g/mol. The summed E-state index contributed by atoms with van der Waals surface area (Å²) in [5.41, 5.74) is 0.671. The molecule has 3 nitrogen and oxygen atoms in total. The molecule has 1 aromatic rings. The molecule has 1 atom stereocenters. The second kappa shape index (κ2) is 5.70. The van der Waals surface area contributed by atoms with Gasteiger partial charge in [0.05, 0.1) is 11.3 Å². The molecule has 0 saturated carbocycles. The number of hydrogen-bond donors (Lipinski definition) is 0. The molecule has 1 aliphatic rings. The molecule has 5 heteroatoms. The van der Waals surface area contributed by atoms with Crippen LogP contribution in [0.5, 0.6) is 0 Å². The highest BCUT2D eigenvalue weighted by Gasteiger charge is 2.35. The van der Waals surface area contributed by atoms with E-state index in [0.29, 0.717) is 24.0 Å². The van der Waals surface area contributed by atoms with Gasteiger partial charge in [-0.15, -0.1) is 11.6 Å². The van der Waals surface area contributed by atoms with E-state index in [1.165, 1.54) is 17.0 Å². The van der Waals surface area contributed by atoms with Gasteiger partial charge in [0.25, 0.3) is 11.7 Å². The van der Waals surface area contributed by atoms with E-state index < -0.39 is 17.5 Å². The van der Waals surface area contributed by atoms with E-state index in [2.05, 4.69) is 6.92 Å². The van der Waals surface area contributed by atoms with Crippen molar-refractivity contribution in [2.75, 3.05) is 17.3 Å². The van der Waals surface area contributed by atoms with Crippen molar-refractivity contribution in [2.45, 2.75) is 19.8 Å². The molecule has 0 spiro atoms. The van der Waals surface area contributed by atoms with Crippen LogP contribution in [0.25, 0.3) is 0 Å². The van der Waals surface area contributed by atoms with E-state index in [4.69, 9.17) is 11.6 Å². The van der Waals surface area contributed by atoms with E-state index in [1.54, 1.807) is 0 Å². The van der Waals surface area contributed by atoms with Crippen molar-refractivity contribution >= 4 is 29.0 Å². The van der Waals surface area contributed by atoms with Crippen LogP contribution in [0, 0.1) is 11.7 Å². The number of fused-ring (bicyclic) bond motifs is 1. The molecule has 0 aliphatic carbocycles. The monoisotopic (exact) mass is 283 g/mol. The van der Waals surface area contributed by atoms with E-state index in [0.717, 1.165) is 18.9 Å². The maximum Gasteiger partial charge on any atom is 0.299 e. The van der Waals surface area contributed by atoms with Crippen molar-refractivity contribution < 1.29 is 14.0 Å². The topological polar surface area (TPSA) is 37.4 Å². The fourth-order valence-corrected chi connectivity index (χ4v) is 2.55. The minimum Gasteiger partial charge on any atom is -0.305 e. The van der Waals surface area contributed by atoms with Crippen LogP contribution in [0.2, 0.25) is 0 Å². The van der Waals surface area contributed by atoms with Gasteiger partial charge in [-0.3, -0.25) is 9.59 Å². The van der Waals surface area contributed by atoms with Crippen LogP contribution in [0.3, 0.4) is 0 Å². The standard InChI is InChI=1S/C14H15ClFNO2/c1-9(4-6-15)5-7-17-12-3-2-10(16)8-11(12)13(18)14(17)19/h2-3,8-9H,4-7H2,1H3. The second-order valence-corrected chi connectivity index (χ2v) is 5.20. The summed E-state index contributed by atoms with van der Waals surface area (Å²) >= 11 is 5.67. The summed E-state index contributed by atoms with van der Waals surface area (Å²) < 4.78 is 13.1. The van der Waals surface area contributed by atoms with Gasteiger partial charge in [-0.1, -0.05) is 6.92 Å². The van der Waals surface area contributed by atoms with Gasteiger partial charge in [0.1, 0.15) is 5.82 Å². The number of alkyl halides is 1. The molecule has 0 fully saturated rings. The maximum atomic E-state index is 13.1. The number of rotatable bonds is 5. The molecule has 0 aromatic heterocycles. The Balaban J connectivity index is 2.15. The predicted molar refractivity (Wildman–Crippen MR) is 72.2 cm³/mol. The number of Topliss-reactive ketones (excluding diaryl/α,β-unsaturated/α-hetero) is 1. The van der Waals surface area contributed by atoms with Gasteiger partial charge in [0.15, 0.2) is 0 Å². The lowest BCUT2D eigenvalue weighted by Gasteiger charge is -2.18. The Morgan fingerprint density at radius 3 is 2.74 bits per heavy atom. The highest BCUT2D eigenvalue weighted by atomic mass is 35.5. The SMILES string of the molecule is CC(CCCl)CCN1C(=O)C(=O)c2cc(F)ccc21. The van der Waals surface area contributed by atoms with E-state index in [1.807, 2.05) is 0 Å². The fourth-order valence-electron chi connectivity index (χ4n) is 2.17. The van der Waals surface area contributed by atoms with Crippen LogP contribution < -0.4 is 4.90 Å². The van der Waals surface area contributed by atoms with Gasteiger partial charge >= 0.3 is 0 Å². The van der Waals surface area contributed by atoms with Crippen LogP contribution in [0.4, 0.5) is 10.1 Å². The number of anilines is 1. The quantitative estimate of drug-likeness (QED) is 0.615. The number of amides is 1. The number of nitrogens with zero attached hydrogens (tertiary/aromatic N) is 1. The zero-order chi connectivity index (χ0) is 14.0. The number of carbonyl (C=O) groups excluding carboxylic acids is 2. The number of hydrogen-bond acceptors (Lipinski definition) is 2. The van der Waals surface area contributed by atoms with Gasteiger partial charge in [-0.2, -0.15) is 0 Å². The molecule has 1 aromatic carbocycles. The summed E-state index contributed by atoms with van der Waals surface area (Å²) in [5.74, 6) is -0.740. The Bertz CT molecular complexity index is 518. The van der Waals surface area contributed by atoms with E-state index in [-0.39, 0.29) is 5.56 Å². The Labute approximate surface area is 116 Å². The van der Waals surface area contributed by atoms with Crippen LogP contribution >= 0.6 is 11.6 Å². The molecule has 1 aliphatic heterocycles. The van der Waals surface area contributed by atoms with Crippen molar-refractivity contribution in [3.05, 3.63) is 29.6 Å². The van der Waals surface area contributed by atoms with Gasteiger partial charge < -0.3 is 4.90 Å². The average Bonchev–Trinajstić information content (AvgIpc) is 2.61. The maximum absolute atomic E-state index is 13.1. The summed E-state index contributed by atoms with van der Waals surface area (Å²) in [4.78, 5) is 25.1. The number of carbonyl (C=O) groups is 2. The smallest absolute Gasteiger partial charge is 0.299 e. The summed E-state index contributed by atoms with van der Waals surface area (Å²) in [5, 5.41) is 0. The van der Waals surface area contributed by atoms with Gasteiger partial charge in [0, 0.05) is 12.4 Å². The van der Waals surface area contributed by atoms with Crippen LogP contribution in [-0.2, 0) is 4.79 Å². The van der Waals surface area contributed by atoms with E-state index in [9.17, 15) is 14.0 Å². The molecular formula is C14H15ClFNO2. The summed E-state index contributed by atoms with van der Waals surface area (Å²) in [7, 11) is 0. The van der Waals surface area contributed by atoms with Crippen molar-refractivity contribution in [2.24, 2.45) is 5.92 Å². The molecule has 0 saturated heterocycles. The molecular weight excluding hydrogens is 269 g/mol. The normalized spacial score (nSPS) is 15.8. The number of halogens is 2. The third-order valence-electron chi connectivity index (χ3n) is 3.38. The Morgan fingerprint density at radius 1 is 1.32 bits per heavy atom. The van der Waals surface area contributed by atoms with Gasteiger partial charge in [-0.05, 0) is 37.0 Å². The zero-order valence-corrected chi connectivity index (χ0v) is 11.4. The lowest BCUT2D eigenvalue weighted by molar-refractivity contribution is -0.114. The summed E-state index contributed by atoms with van der Waals surface area (Å²) in [6, 6.07) is 3.87. The minimum absolute atomic E-state index is 0.162. The fraction of sp³-hybridized carbons (Fsp3) is 0.429. The Hall–Kier alpha value is -1.42. The molecule has 2 rings (SSSR count). The first-order valence-corrected chi connectivity index (χ1v) is 6.79. The largest absolute Gasteiger partial charge is 0.305 e. The van der Waals surface area contributed by atoms with Crippen molar-refractivity contribution in [1.82, 2.24) is 0 Å². The van der Waals surface area contributed by atoms with Crippen LogP contribution in [0.15, 0.2) is 18.2 Å². The van der Waals surface area contributed by atoms with Crippen LogP contribution in [-0.4, -0.2) is 24.1 Å².